The maximum Gasteiger partial charge on any atom is 0.416 e. The summed E-state index contributed by atoms with van der Waals surface area (Å²) in [6.45, 7) is 0.303. The van der Waals surface area contributed by atoms with Gasteiger partial charge in [-0.05, 0) is 54.1 Å². The van der Waals surface area contributed by atoms with E-state index in [4.69, 9.17) is 4.74 Å². The van der Waals surface area contributed by atoms with Crippen molar-refractivity contribution >= 4 is 28.1 Å². The van der Waals surface area contributed by atoms with Crippen LogP contribution in [0.4, 0.5) is 18.9 Å². The number of ether oxygens (including phenoxy) is 1. The summed E-state index contributed by atoms with van der Waals surface area (Å²) in [7, 11) is 1.92. The molecule has 29 heavy (non-hydrogen) atoms. The quantitative estimate of drug-likeness (QED) is 0.586. The van der Waals surface area contributed by atoms with Crippen LogP contribution in [0.1, 0.15) is 24.0 Å². The third-order valence-corrected chi connectivity index (χ3v) is 4.96. The highest BCUT2D eigenvalue weighted by Crippen LogP contribution is 2.38. The number of amides is 1. The van der Waals surface area contributed by atoms with Gasteiger partial charge in [0.25, 0.3) is 0 Å². The molecule has 0 fully saturated rings. The number of nitrogens with zero attached hydrogens (tertiary/aromatic N) is 1. The highest BCUT2D eigenvalue weighted by molar-refractivity contribution is 6.05. The van der Waals surface area contributed by atoms with Crippen molar-refractivity contribution < 1.29 is 22.7 Å². The molecule has 1 N–H and O–H groups in total. The number of benzene rings is 2. The van der Waals surface area contributed by atoms with Crippen molar-refractivity contribution in [3.63, 3.8) is 0 Å². The molecule has 2 heterocycles. The molecule has 0 bridgehead atoms. The molecule has 2 aromatic carbocycles. The van der Waals surface area contributed by atoms with Gasteiger partial charge in [-0.2, -0.15) is 13.2 Å². The molecule has 1 aliphatic heterocycles. The topological polar surface area (TPSA) is 43.3 Å². The Hall–Kier alpha value is -3.22. The van der Waals surface area contributed by atoms with E-state index < -0.39 is 11.7 Å². The predicted octanol–water partition coefficient (Wildman–Crippen LogP) is 5.39. The van der Waals surface area contributed by atoms with E-state index in [2.05, 4.69) is 5.32 Å². The number of hydrogen-bond acceptors (Lipinski definition) is 2. The monoisotopic (exact) mass is 400 g/mol. The van der Waals surface area contributed by atoms with Gasteiger partial charge in [-0.1, -0.05) is 12.1 Å². The van der Waals surface area contributed by atoms with Crippen LogP contribution in [-0.2, 0) is 18.0 Å². The number of carbonyl (C=O) groups excluding carboxylic acids is 1. The normalized spacial score (nSPS) is 15.7. The number of carbonyl (C=O) groups is 1. The molecular weight excluding hydrogens is 381 g/mol. The summed E-state index contributed by atoms with van der Waals surface area (Å²) < 4.78 is 46.4. The molecular formula is C22H19F3N2O2. The molecule has 0 aliphatic carbocycles. The maximum absolute atomic E-state index is 13.0. The van der Waals surface area contributed by atoms with Gasteiger partial charge in [0.1, 0.15) is 5.75 Å². The molecule has 1 aliphatic rings. The number of rotatable bonds is 2. The van der Waals surface area contributed by atoms with Crippen molar-refractivity contribution in [3.8, 4) is 5.75 Å². The van der Waals surface area contributed by atoms with Crippen molar-refractivity contribution in [3.05, 3.63) is 65.9 Å². The standard InChI is InChI=1S/C22H19F3N2O2/c1-27-9-8-14-4-6-17(13-19(14)27)26-21(28)11-15-3-2-10-29-20-12-16(22(23,24)25)5-7-18(15)20/h4-9,11-13H,2-3,10H2,1H3,(H,26,28)/b15-11+. The molecule has 1 amide bonds. The zero-order valence-corrected chi connectivity index (χ0v) is 15.7. The van der Waals surface area contributed by atoms with Crippen LogP contribution in [0.25, 0.3) is 16.5 Å². The van der Waals surface area contributed by atoms with Gasteiger partial charge in [0.2, 0.25) is 5.91 Å². The molecule has 1 aromatic heterocycles. The highest BCUT2D eigenvalue weighted by Gasteiger charge is 2.32. The Labute approximate surface area is 165 Å². The number of nitrogens with one attached hydrogen (secondary N) is 1. The van der Waals surface area contributed by atoms with Crippen LogP contribution < -0.4 is 10.1 Å². The Morgan fingerprint density at radius 1 is 1.17 bits per heavy atom. The van der Waals surface area contributed by atoms with E-state index in [1.807, 2.05) is 42.1 Å². The molecule has 0 unspecified atom stereocenters. The van der Waals surface area contributed by atoms with Crippen LogP contribution in [0.3, 0.4) is 0 Å². The number of halogens is 3. The summed E-state index contributed by atoms with van der Waals surface area (Å²) in [5.74, 6) is -0.178. The summed E-state index contributed by atoms with van der Waals surface area (Å²) in [6.07, 6.45) is 0.0977. The summed E-state index contributed by atoms with van der Waals surface area (Å²) in [5.41, 5.74) is 2.05. The van der Waals surface area contributed by atoms with Crippen LogP contribution in [0.15, 0.2) is 54.7 Å². The first-order chi connectivity index (χ1) is 13.8. The number of hydrogen-bond donors (Lipinski definition) is 1. The van der Waals surface area contributed by atoms with Gasteiger partial charge in [-0.3, -0.25) is 4.79 Å². The minimum atomic E-state index is -4.44. The molecule has 7 heteroatoms. The smallest absolute Gasteiger partial charge is 0.416 e. The second kappa shape index (κ2) is 7.31. The Bertz CT molecular complexity index is 1110. The summed E-state index contributed by atoms with van der Waals surface area (Å²) in [6, 6.07) is 11.0. The van der Waals surface area contributed by atoms with Crippen LogP contribution in [0, 0.1) is 0 Å². The van der Waals surface area contributed by atoms with Crippen molar-refractivity contribution in [2.45, 2.75) is 19.0 Å². The van der Waals surface area contributed by atoms with Gasteiger partial charge in [0.15, 0.2) is 0 Å². The fourth-order valence-corrected chi connectivity index (χ4v) is 3.49. The van der Waals surface area contributed by atoms with E-state index in [0.717, 1.165) is 23.0 Å². The molecule has 4 nitrogen and oxygen atoms in total. The van der Waals surface area contributed by atoms with Gasteiger partial charge in [-0.25, -0.2) is 0 Å². The van der Waals surface area contributed by atoms with E-state index in [-0.39, 0.29) is 11.7 Å². The van der Waals surface area contributed by atoms with Crippen LogP contribution >= 0.6 is 0 Å². The number of alkyl halides is 3. The number of anilines is 1. The SMILES string of the molecule is Cn1ccc2ccc(NC(=O)/C=C3\CCCOc4cc(C(F)(F)F)ccc43)cc21. The second-order valence-corrected chi connectivity index (χ2v) is 7.02. The molecule has 0 spiro atoms. The Kier molecular flexibility index (Phi) is 4.82. The molecule has 0 radical (unpaired) electrons. The van der Waals surface area contributed by atoms with Crippen molar-refractivity contribution in [1.82, 2.24) is 4.57 Å². The summed E-state index contributed by atoms with van der Waals surface area (Å²) in [4.78, 5) is 12.6. The highest BCUT2D eigenvalue weighted by atomic mass is 19.4. The molecule has 0 saturated heterocycles. The van der Waals surface area contributed by atoms with Gasteiger partial charge in [-0.15, -0.1) is 0 Å². The molecule has 0 saturated carbocycles. The maximum atomic E-state index is 13.0. The lowest BCUT2D eigenvalue weighted by Crippen LogP contribution is -2.09. The van der Waals surface area contributed by atoms with Gasteiger partial charge in [0, 0.05) is 36.1 Å². The number of aryl methyl sites for hydroxylation is 1. The minimum absolute atomic E-state index is 0.154. The molecule has 3 aromatic rings. The predicted molar refractivity (Wildman–Crippen MR) is 106 cm³/mol. The van der Waals surface area contributed by atoms with Crippen LogP contribution in [-0.4, -0.2) is 17.1 Å². The largest absolute Gasteiger partial charge is 0.493 e. The Morgan fingerprint density at radius 3 is 2.79 bits per heavy atom. The molecule has 0 atom stereocenters. The fraction of sp³-hybridized carbons (Fsp3) is 0.227. The van der Waals surface area contributed by atoms with Gasteiger partial charge < -0.3 is 14.6 Å². The zero-order chi connectivity index (χ0) is 20.6. The van der Waals surface area contributed by atoms with Gasteiger partial charge >= 0.3 is 6.18 Å². The lowest BCUT2D eigenvalue weighted by Gasteiger charge is -2.13. The number of fused-ring (bicyclic) bond motifs is 2. The number of aromatic nitrogens is 1. The Balaban J connectivity index is 1.61. The third kappa shape index (κ3) is 3.99. The third-order valence-electron chi connectivity index (χ3n) is 4.96. The van der Waals surface area contributed by atoms with E-state index in [9.17, 15) is 18.0 Å². The first-order valence-electron chi connectivity index (χ1n) is 9.22. The minimum Gasteiger partial charge on any atom is -0.493 e. The molecule has 150 valence electrons. The number of allylic oxidation sites excluding steroid dienone is 1. The molecule has 4 rings (SSSR count). The van der Waals surface area contributed by atoms with Crippen LogP contribution in [0.5, 0.6) is 5.75 Å². The van der Waals surface area contributed by atoms with Crippen LogP contribution in [0.2, 0.25) is 0 Å². The van der Waals surface area contributed by atoms with Gasteiger partial charge in [0.05, 0.1) is 12.2 Å². The van der Waals surface area contributed by atoms with Crippen molar-refractivity contribution in [2.24, 2.45) is 7.05 Å². The second-order valence-electron chi connectivity index (χ2n) is 7.02. The lowest BCUT2D eigenvalue weighted by atomic mass is 9.99. The van der Waals surface area contributed by atoms with E-state index in [1.165, 1.54) is 12.1 Å². The average Bonchev–Trinajstić information content (AvgIpc) is 2.91. The Morgan fingerprint density at radius 2 is 2.00 bits per heavy atom. The first kappa shape index (κ1) is 19.1. The van der Waals surface area contributed by atoms with E-state index in [0.29, 0.717) is 36.3 Å². The van der Waals surface area contributed by atoms with Crippen molar-refractivity contribution in [2.75, 3.05) is 11.9 Å². The first-order valence-corrected chi connectivity index (χ1v) is 9.22. The zero-order valence-electron chi connectivity index (χ0n) is 15.7. The fourth-order valence-electron chi connectivity index (χ4n) is 3.49. The van der Waals surface area contributed by atoms with Crippen molar-refractivity contribution in [1.29, 1.82) is 0 Å². The summed E-state index contributed by atoms with van der Waals surface area (Å²) >= 11 is 0. The average molecular weight is 400 g/mol. The van der Waals surface area contributed by atoms with E-state index in [1.54, 1.807) is 0 Å². The van der Waals surface area contributed by atoms with E-state index >= 15 is 0 Å². The lowest BCUT2D eigenvalue weighted by molar-refractivity contribution is -0.137. The summed E-state index contributed by atoms with van der Waals surface area (Å²) in [5, 5.41) is 3.90.